The van der Waals surface area contributed by atoms with Crippen LogP contribution in [-0.2, 0) is 19.6 Å². The summed E-state index contributed by atoms with van der Waals surface area (Å²) in [5.74, 6) is -0.293. The van der Waals surface area contributed by atoms with Crippen LogP contribution in [-0.4, -0.2) is 44.6 Å². The Morgan fingerprint density at radius 1 is 1.15 bits per heavy atom. The first-order chi connectivity index (χ1) is 9.47. The summed E-state index contributed by atoms with van der Waals surface area (Å²) < 4.78 is 30.6. The Hall–Kier alpha value is -0.620. The molecule has 1 aliphatic carbocycles. The van der Waals surface area contributed by atoms with Gasteiger partial charge in [0.1, 0.15) is 0 Å². The summed E-state index contributed by atoms with van der Waals surface area (Å²) in [6.45, 7) is 1.31. The van der Waals surface area contributed by atoms with Crippen molar-refractivity contribution in [2.75, 3.05) is 26.0 Å². The summed E-state index contributed by atoms with van der Waals surface area (Å²) in [5.41, 5.74) is 0.429. The smallest absolute Gasteiger partial charge is 0.305 e. The van der Waals surface area contributed by atoms with E-state index in [2.05, 4.69) is 4.74 Å². The topological polar surface area (TPSA) is 63.7 Å². The van der Waals surface area contributed by atoms with Crippen LogP contribution in [0.2, 0.25) is 0 Å². The van der Waals surface area contributed by atoms with Gasteiger partial charge in [0.2, 0.25) is 10.0 Å². The number of ether oxygens (including phenoxy) is 1. The lowest BCUT2D eigenvalue weighted by atomic mass is 9.78. The summed E-state index contributed by atoms with van der Waals surface area (Å²) in [6.07, 6.45) is 7.65. The zero-order valence-corrected chi connectivity index (χ0v) is 13.1. The molecule has 2 aliphatic rings. The van der Waals surface area contributed by atoms with Crippen LogP contribution in [0.5, 0.6) is 0 Å². The van der Waals surface area contributed by atoms with Crippen LogP contribution in [0.1, 0.15) is 51.4 Å². The average Bonchev–Trinajstić information content (AvgIpc) is 2.87. The Balaban J connectivity index is 1.80. The van der Waals surface area contributed by atoms with Gasteiger partial charge in [0.05, 0.1) is 12.9 Å². The van der Waals surface area contributed by atoms with Gasteiger partial charge in [0.15, 0.2) is 0 Å². The number of piperidine rings is 1. The van der Waals surface area contributed by atoms with E-state index >= 15 is 0 Å². The van der Waals surface area contributed by atoms with Crippen LogP contribution in [0.3, 0.4) is 0 Å². The molecule has 6 heteroatoms. The van der Waals surface area contributed by atoms with E-state index in [1.165, 1.54) is 32.8 Å². The van der Waals surface area contributed by atoms with Crippen LogP contribution in [0.15, 0.2) is 0 Å². The van der Waals surface area contributed by atoms with Crippen molar-refractivity contribution in [2.45, 2.75) is 51.4 Å². The van der Waals surface area contributed by atoms with Crippen molar-refractivity contribution in [3.8, 4) is 0 Å². The normalized spacial score (nSPS) is 23.1. The summed E-state index contributed by atoms with van der Waals surface area (Å²) in [5, 5.41) is 0. The van der Waals surface area contributed by atoms with Crippen molar-refractivity contribution in [2.24, 2.45) is 5.41 Å². The molecular weight excluding hydrogens is 278 g/mol. The Morgan fingerprint density at radius 2 is 1.75 bits per heavy atom. The minimum atomic E-state index is -3.21. The highest BCUT2D eigenvalue weighted by molar-refractivity contribution is 7.89. The van der Waals surface area contributed by atoms with Crippen molar-refractivity contribution >= 4 is 16.0 Å². The fourth-order valence-electron chi connectivity index (χ4n) is 3.49. The predicted molar refractivity (Wildman–Crippen MR) is 76.7 cm³/mol. The SMILES string of the molecule is COC(=O)CCCS(=O)(=O)N1CCC2(CCCC2)CC1. The summed E-state index contributed by atoms with van der Waals surface area (Å²) >= 11 is 0. The molecule has 0 atom stereocenters. The van der Waals surface area contributed by atoms with Crippen molar-refractivity contribution in [3.05, 3.63) is 0 Å². The van der Waals surface area contributed by atoms with Gasteiger partial charge in [0.25, 0.3) is 0 Å². The van der Waals surface area contributed by atoms with E-state index in [0.29, 0.717) is 24.9 Å². The van der Waals surface area contributed by atoms with Crippen LogP contribution in [0.4, 0.5) is 0 Å². The quantitative estimate of drug-likeness (QED) is 0.728. The molecule has 0 aromatic rings. The fourth-order valence-corrected chi connectivity index (χ4v) is 5.00. The number of nitrogens with zero attached hydrogens (tertiary/aromatic N) is 1. The largest absolute Gasteiger partial charge is 0.469 e. The van der Waals surface area contributed by atoms with E-state index in [1.54, 1.807) is 4.31 Å². The molecule has 1 saturated carbocycles. The van der Waals surface area contributed by atoms with E-state index in [1.807, 2.05) is 0 Å². The summed E-state index contributed by atoms with van der Waals surface area (Å²) in [7, 11) is -1.89. The van der Waals surface area contributed by atoms with E-state index in [0.717, 1.165) is 12.8 Å². The van der Waals surface area contributed by atoms with Crippen molar-refractivity contribution in [1.82, 2.24) is 4.31 Å². The number of methoxy groups -OCH3 is 1. The molecule has 0 bridgehead atoms. The van der Waals surface area contributed by atoms with Crippen LogP contribution < -0.4 is 0 Å². The van der Waals surface area contributed by atoms with E-state index in [9.17, 15) is 13.2 Å². The molecular formula is C14H25NO4S. The minimum absolute atomic E-state index is 0.0507. The number of hydrogen-bond donors (Lipinski definition) is 0. The molecule has 0 unspecified atom stereocenters. The first-order valence-corrected chi connectivity index (χ1v) is 9.13. The highest BCUT2D eigenvalue weighted by atomic mass is 32.2. The van der Waals surface area contributed by atoms with Gasteiger partial charge in [-0.05, 0) is 37.5 Å². The molecule has 1 saturated heterocycles. The molecule has 2 fully saturated rings. The predicted octanol–water partition coefficient (Wildman–Crippen LogP) is 1.93. The zero-order chi connectivity index (χ0) is 14.6. The lowest BCUT2D eigenvalue weighted by Gasteiger charge is -2.38. The van der Waals surface area contributed by atoms with Gasteiger partial charge in [-0.2, -0.15) is 0 Å². The first-order valence-electron chi connectivity index (χ1n) is 7.52. The van der Waals surface area contributed by atoms with Gasteiger partial charge in [-0.3, -0.25) is 4.79 Å². The molecule has 116 valence electrons. The maximum absolute atomic E-state index is 12.2. The lowest BCUT2D eigenvalue weighted by Crippen LogP contribution is -2.43. The maximum Gasteiger partial charge on any atom is 0.305 e. The van der Waals surface area contributed by atoms with Gasteiger partial charge in [-0.15, -0.1) is 0 Å². The summed E-state index contributed by atoms with van der Waals surface area (Å²) in [4.78, 5) is 11.0. The number of hydrogen-bond acceptors (Lipinski definition) is 4. The Morgan fingerprint density at radius 3 is 2.30 bits per heavy atom. The molecule has 1 spiro atoms. The number of esters is 1. The Bertz CT molecular complexity index is 430. The van der Waals surface area contributed by atoms with E-state index in [4.69, 9.17) is 0 Å². The third-order valence-electron chi connectivity index (χ3n) is 4.85. The van der Waals surface area contributed by atoms with Gasteiger partial charge in [-0.1, -0.05) is 12.8 Å². The number of carbonyl (C=O) groups is 1. The molecule has 0 aromatic heterocycles. The maximum atomic E-state index is 12.2. The molecule has 0 aromatic carbocycles. The molecule has 20 heavy (non-hydrogen) atoms. The van der Waals surface area contributed by atoms with Crippen LogP contribution in [0, 0.1) is 5.41 Å². The zero-order valence-electron chi connectivity index (χ0n) is 12.3. The number of sulfonamides is 1. The first kappa shape index (κ1) is 15.8. The van der Waals surface area contributed by atoms with Crippen LogP contribution in [0.25, 0.3) is 0 Å². The summed E-state index contributed by atoms with van der Waals surface area (Å²) in [6, 6.07) is 0. The lowest BCUT2D eigenvalue weighted by molar-refractivity contribution is -0.140. The molecule has 0 radical (unpaired) electrons. The van der Waals surface area contributed by atoms with Crippen molar-refractivity contribution < 1.29 is 17.9 Å². The molecule has 2 rings (SSSR count). The van der Waals surface area contributed by atoms with Gasteiger partial charge >= 0.3 is 5.97 Å². The van der Waals surface area contributed by atoms with Gasteiger partial charge in [0, 0.05) is 19.5 Å². The highest BCUT2D eigenvalue weighted by Gasteiger charge is 2.39. The molecule has 1 heterocycles. The number of rotatable bonds is 5. The van der Waals surface area contributed by atoms with Gasteiger partial charge < -0.3 is 4.74 Å². The Labute approximate surface area is 121 Å². The van der Waals surface area contributed by atoms with E-state index in [-0.39, 0.29) is 18.1 Å². The minimum Gasteiger partial charge on any atom is -0.469 e. The Kier molecular flexibility index (Phi) is 5.07. The van der Waals surface area contributed by atoms with Crippen molar-refractivity contribution in [1.29, 1.82) is 0 Å². The second-order valence-corrected chi connectivity index (χ2v) is 8.19. The molecule has 0 amide bonds. The standard InChI is InChI=1S/C14H25NO4S/c1-19-13(16)5-4-12-20(17,18)15-10-8-14(9-11-15)6-2-3-7-14/h2-12H2,1H3. The van der Waals surface area contributed by atoms with E-state index < -0.39 is 10.0 Å². The average molecular weight is 303 g/mol. The third kappa shape index (κ3) is 3.73. The van der Waals surface area contributed by atoms with Crippen molar-refractivity contribution in [3.63, 3.8) is 0 Å². The second-order valence-electron chi connectivity index (χ2n) is 6.10. The molecule has 0 N–H and O–H groups in total. The third-order valence-corrected chi connectivity index (χ3v) is 6.81. The fraction of sp³-hybridized carbons (Fsp3) is 0.929. The number of carbonyl (C=O) groups excluding carboxylic acids is 1. The van der Waals surface area contributed by atoms with Gasteiger partial charge in [-0.25, -0.2) is 12.7 Å². The second kappa shape index (κ2) is 6.43. The molecule has 5 nitrogen and oxygen atoms in total. The highest BCUT2D eigenvalue weighted by Crippen LogP contribution is 2.46. The van der Waals surface area contributed by atoms with Crippen LogP contribution >= 0.6 is 0 Å². The molecule has 1 aliphatic heterocycles. The monoisotopic (exact) mass is 303 g/mol.